The molecular weight excluding hydrogens is 328 g/mol. The van der Waals surface area contributed by atoms with Crippen molar-refractivity contribution in [2.24, 2.45) is 5.10 Å². The van der Waals surface area contributed by atoms with Gasteiger partial charge in [-0.25, -0.2) is 5.43 Å². The Bertz CT molecular complexity index is 913. The van der Waals surface area contributed by atoms with Gasteiger partial charge in [0, 0.05) is 29.6 Å². The van der Waals surface area contributed by atoms with Gasteiger partial charge in [-0.15, -0.1) is 0 Å². The molecule has 0 aliphatic carbocycles. The lowest BCUT2D eigenvalue weighted by atomic mass is 10.1. The zero-order valence-electron chi connectivity index (χ0n) is 12.6. The Morgan fingerprint density at radius 2 is 2.17 bits per heavy atom. The summed E-state index contributed by atoms with van der Waals surface area (Å²) in [5.74, 6) is -0.206. The van der Waals surface area contributed by atoms with Crippen LogP contribution in [0.25, 0.3) is 10.9 Å². The summed E-state index contributed by atoms with van der Waals surface area (Å²) in [6.07, 6.45) is 4.23. The van der Waals surface area contributed by atoms with E-state index in [4.69, 9.17) is 0 Å². The molecule has 0 atom stereocenters. The summed E-state index contributed by atoms with van der Waals surface area (Å²) in [7, 11) is 0. The van der Waals surface area contributed by atoms with Crippen molar-refractivity contribution < 1.29 is 9.72 Å². The molecule has 1 aromatic carbocycles. The minimum atomic E-state index is -0.457. The maximum Gasteiger partial charge on any atom is 0.324 e. The Hall–Kier alpha value is -3.00. The van der Waals surface area contributed by atoms with Crippen LogP contribution in [0.2, 0.25) is 0 Å². The van der Waals surface area contributed by atoms with Crippen LogP contribution in [0.15, 0.2) is 47.7 Å². The molecule has 24 heavy (non-hydrogen) atoms. The Morgan fingerprint density at radius 3 is 2.96 bits per heavy atom. The van der Waals surface area contributed by atoms with Crippen molar-refractivity contribution in [2.75, 3.05) is 0 Å². The second-order valence-corrected chi connectivity index (χ2v) is 6.18. The van der Waals surface area contributed by atoms with Crippen LogP contribution >= 0.6 is 11.3 Å². The van der Waals surface area contributed by atoms with Crippen molar-refractivity contribution in [1.82, 2.24) is 10.4 Å². The molecule has 0 unspecified atom stereocenters. The van der Waals surface area contributed by atoms with Crippen LogP contribution in [0.4, 0.5) is 5.00 Å². The SMILES string of the molecule is O=C(CCc1c[nH]c2ccccc12)NN=Cc1ccc([N+](=O)[O-])s1. The number of thiophene rings is 1. The minimum absolute atomic E-state index is 0.0436. The lowest BCUT2D eigenvalue weighted by molar-refractivity contribution is -0.380. The number of fused-ring (bicyclic) bond motifs is 1. The number of nitrogens with zero attached hydrogens (tertiary/aromatic N) is 2. The number of aryl methyl sites for hydroxylation is 1. The van der Waals surface area contributed by atoms with Gasteiger partial charge in [0.05, 0.1) is 16.0 Å². The monoisotopic (exact) mass is 342 g/mol. The zero-order valence-corrected chi connectivity index (χ0v) is 13.4. The highest BCUT2D eigenvalue weighted by atomic mass is 32.1. The van der Waals surface area contributed by atoms with Crippen LogP contribution in [-0.4, -0.2) is 22.0 Å². The molecule has 2 heterocycles. The number of aromatic nitrogens is 1. The molecule has 0 fully saturated rings. The number of carbonyl (C=O) groups is 1. The number of para-hydroxylation sites is 1. The average Bonchev–Trinajstić information content (AvgIpc) is 3.20. The van der Waals surface area contributed by atoms with E-state index in [1.165, 1.54) is 12.3 Å². The molecule has 3 rings (SSSR count). The van der Waals surface area contributed by atoms with Crippen molar-refractivity contribution >= 4 is 39.4 Å². The topological polar surface area (TPSA) is 100 Å². The van der Waals surface area contributed by atoms with E-state index in [-0.39, 0.29) is 10.9 Å². The van der Waals surface area contributed by atoms with Gasteiger partial charge in [0.25, 0.3) is 0 Å². The zero-order chi connectivity index (χ0) is 16.9. The first-order valence-corrected chi connectivity index (χ1v) is 8.06. The Labute approximate surface area is 141 Å². The first-order chi connectivity index (χ1) is 11.6. The van der Waals surface area contributed by atoms with Crippen molar-refractivity contribution in [3.8, 4) is 0 Å². The Morgan fingerprint density at radius 1 is 1.33 bits per heavy atom. The van der Waals surface area contributed by atoms with Gasteiger partial charge >= 0.3 is 5.00 Å². The average molecular weight is 342 g/mol. The number of nitrogens with one attached hydrogen (secondary N) is 2. The number of hydrazone groups is 1. The van der Waals surface area contributed by atoms with E-state index in [1.807, 2.05) is 30.5 Å². The van der Waals surface area contributed by atoms with Crippen molar-refractivity contribution in [2.45, 2.75) is 12.8 Å². The van der Waals surface area contributed by atoms with Crippen LogP contribution in [0.1, 0.15) is 16.9 Å². The second-order valence-electron chi connectivity index (χ2n) is 5.09. The van der Waals surface area contributed by atoms with Gasteiger partial charge in [-0.2, -0.15) is 5.10 Å². The molecular formula is C16H14N4O3S. The molecule has 3 aromatic rings. The standard InChI is InChI=1S/C16H14N4O3S/c21-15(19-18-10-12-6-8-16(24-12)20(22)23)7-5-11-9-17-14-4-2-1-3-13(11)14/h1-4,6,8-10,17H,5,7H2,(H,19,21). The first-order valence-electron chi connectivity index (χ1n) is 7.24. The normalized spacial score (nSPS) is 11.2. The molecule has 2 aromatic heterocycles. The summed E-state index contributed by atoms with van der Waals surface area (Å²) in [4.78, 5) is 25.8. The Kier molecular flexibility index (Phi) is 4.66. The van der Waals surface area contributed by atoms with Crippen LogP contribution < -0.4 is 5.43 Å². The fourth-order valence-electron chi connectivity index (χ4n) is 2.32. The van der Waals surface area contributed by atoms with E-state index >= 15 is 0 Å². The van der Waals surface area contributed by atoms with E-state index in [0.717, 1.165) is 27.8 Å². The number of rotatable bonds is 6. The molecule has 0 saturated heterocycles. The smallest absolute Gasteiger partial charge is 0.324 e. The molecule has 8 heteroatoms. The lowest BCUT2D eigenvalue weighted by Gasteiger charge is -1.99. The second kappa shape index (κ2) is 7.05. The molecule has 0 aliphatic heterocycles. The Balaban J connectivity index is 1.52. The summed E-state index contributed by atoms with van der Waals surface area (Å²) in [6.45, 7) is 0. The van der Waals surface area contributed by atoms with Crippen LogP contribution in [0, 0.1) is 10.1 Å². The minimum Gasteiger partial charge on any atom is -0.361 e. The number of carbonyl (C=O) groups excluding carboxylic acids is 1. The summed E-state index contributed by atoms with van der Waals surface area (Å²) >= 11 is 1.00. The van der Waals surface area contributed by atoms with Gasteiger partial charge in [0.1, 0.15) is 0 Å². The largest absolute Gasteiger partial charge is 0.361 e. The molecule has 0 radical (unpaired) electrons. The van der Waals surface area contributed by atoms with Crippen LogP contribution in [-0.2, 0) is 11.2 Å². The number of aromatic amines is 1. The number of benzene rings is 1. The third-order valence-corrected chi connectivity index (χ3v) is 4.44. The number of H-pyrrole nitrogens is 1. The van der Waals surface area contributed by atoms with Crippen molar-refractivity contribution in [1.29, 1.82) is 0 Å². The van der Waals surface area contributed by atoms with Crippen molar-refractivity contribution in [3.05, 3.63) is 63.1 Å². The number of hydrogen-bond acceptors (Lipinski definition) is 5. The highest BCUT2D eigenvalue weighted by Gasteiger charge is 2.08. The fourth-order valence-corrected chi connectivity index (χ4v) is 3.01. The maximum absolute atomic E-state index is 11.8. The summed E-state index contributed by atoms with van der Waals surface area (Å²) in [5.41, 5.74) is 4.57. The molecule has 0 aliphatic rings. The maximum atomic E-state index is 11.8. The van der Waals surface area contributed by atoms with Gasteiger partial charge < -0.3 is 4.98 Å². The molecule has 1 amide bonds. The first kappa shape index (κ1) is 15.9. The predicted octanol–water partition coefficient (Wildman–Crippen LogP) is 3.22. The summed E-state index contributed by atoms with van der Waals surface area (Å²) in [5, 5.41) is 15.6. The molecule has 0 saturated carbocycles. The van der Waals surface area contributed by atoms with E-state index < -0.39 is 4.92 Å². The third kappa shape index (κ3) is 3.66. The van der Waals surface area contributed by atoms with Gasteiger partial charge in [0.15, 0.2) is 0 Å². The van der Waals surface area contributed by atoms with E-state index in [0.29, 0.717) is 17.7 Å². The van der Waals surface area contributed by atoms with Crippen molar-refractivity contribution in [3.63, 3.8) is 0 Å². The van der Waals surface area contributed by atoms with E-state index in [1.54, 1.807) is 6.07 Å². The van der Waals surface area contributed by atoms with Crippen LogP contribution in [0.3, 0.4) is 0 Å². The molecule has 7 nitrogen and oxygen atoms in total. The molecule has 2 N–H and O–H groups in total. The molecule has 0 spiro atoms. The van der Waals surface area contributed by atoms with E-state index in [9.17, 15) is 14.9 Å². The summed E-state index contributed by atoms with van der Waals surface area (Å²) < 4.78 is 0. The fraction of sp³-hybridized carbons (Fsp3) is 0.125. The summed E-state index contributed by atoms with van der Waals surface area (Å²) in [6, 6.07) is 10.9. The quantitative estimate of drug-likeness (QED) is 0.408. The van der Waals surface area contributed by atoms with Gasteiger partial charge in [0.2, 0.25) is 5.91 Å². The molecule has 0 bridgehead atoms. The van der Waals surface area contributed by atoms with Crippen LogP contribution in [0.5, 0.6) is 0 Å². The highest BCUT2D eigenvalue weighted by molar-refractivity contribution is 7.16. The number of hydrogen-bond donors (Lipinski definition) is 2. The predicted molar refractivity (Wildman–Crippen MR) is 93.3 cm³/mol. The third-order valence-electron chi connectivity index (χ3n) is 3.47. The number of amides is 1. The lowest BCUT2D eigenvalue weighted by Crippen LogP contribution is -2.17. The number of nitro groups is 1. The highest BCUT2D eigenvalue weighted by Crippen LogP contribution is 2.22. The van der Waals surface area contributed by atoms with Gasteiger partial charge in [-0.05, 0) is 24.1 Å². The molecule has 122 valence electrons. The van der Waals surface area contributed by atoms with Gasteiger partial charge in [-0.3, -0.25) is 14.9 Å². The van der Waals surface area contributed by atoms with E-state index in [2.05, 4.69) is 15.5 Å². The van der Waals surface area contributed by atoms with Gasteiger partial charge in [-0.1, -0.05) is 29.5 Å².